The second-order valence-corrected chi connectivity index (χ2v) is 6.48. The van der Waals surface area contributed by atoms with Gasteiger partial charge in [0.15, 0.2) is 5.82 Å². The lowest BCUT2D eigenvalue weighted by Crippen LogP contribution is -2.20. The molecule has 0 aliphatic rings. The summed E-state index contributed by atoms with van der Waals surface area (Å²) in [5.74, 6) is 0.0601. The van der Waals surface area contributed by atoms with Crippen LogP contribution in [0.25, 0.3) is 22.5 Å². The number of H-pyrrole nitrogens is 1. The van der Waals surface area contributed by atoms with Gasteiger partial charge in [0.2, 0.25) is 0 Å². The van der Waals surface area contributed by atoms with E-state index < -0.39 is 6.03 Å². The Morgan fingerprint density at radius 3 is 2.38 bits per heavy atom. The number of anilines is 2. The molecule has 144 valence electrons. The van der Waals surface area contributed by atoms with E-state index in [0.717, 1.165) is 11.1 Å². The van der Waals surface area contributed by atoms with Crippen molar-refractivity contribution in [3.8, 4) is 22.5 Å². The zero-order valence-corrected chi connectivity index (χ0v) is 15.6. The first-order chi connectivity index (χ1) is 14.1. The number of hydrogen-bond acceptors (Lipinski definition) is 4. The summed E-state index contributed by atoms with van der Waals surface area (Å²) < 4.78 is 13.2. The molecule has 0 fully saturated rings. The molecule has 0 unspecified atom stereocenters. The molecule has 3 N–H and O–H groups in total. The molecule has 7 nitrogen and oxygen atoms in total. The molecule has 0 saturated heterocycles. The van der Waals surface area contributed by atoms with Crippen molar-refractivity contribution < 1.29 is 9.18 Å². The van der Waals surface area contributed by atoms with E-state index in [0.29, 0.717) is 27.8 Å². The number of halogens is 2. The van der Waals surface area contributed by atoms with Crippen molar-refractivity contribution in [1.29, 1.82) is 0 Å². The van der Waals surface area contributed by atoms with E-state index in [1.807, 2.05) is 6.07 Å². The van der Waals surface area contributed by atoms with E-state index in [2.05, 4.69) is 31.3 Å². The highest BCUT2D eigenvalue weighted by Gasteiger charge is 2.14. The van der Waals surface area contributed by atoms with Crippen LogP contribution in [0.15, 0.2) is 66.7 Å². The van der Waals surface area contributed by atoms with Crippen molar-refractivity contribution in [2.75, 3.05) is 10.6 Å². The van der Waals surface area contributed by atoms with Crippen LogP contribution in [0.5, 0.6) is 0 Å². The Kier molecular flexibility index (Phi) is 5.17. The van der Waals surface area contributed by atoms with Crippen LogP contribution in [0, 0.1) is 5.82 Å². The minimum absolute atomic E-state index is 0.317. The first-order valence-corrected chi connectivity index (χ1v) is 8.94. The lowest BCUT2D eigenvalue weighted by molar-refractivity contribution is 0.262. The lowest BCUT2D eigenvalue weighted by Gasteiger charge is -2.13. The van der Waals surface area contributed by atoms with E-state index in [-0.39, 0.29) is 5.82 Å². The van der Waals surface area contributed by atoms with Crippen LogP contribution < -0.4 is 10.6 Å². The van der Waals surface area contributed by atoms with Gasteiger partial charge in [0.1, 0.15) is 5.82 Å². The zero-order valence-electron chi connectivity index (χ0n) is 14.9. The first kappa shape index (κ1) is 18.6. The second-order valence-electron chi connectivity index (χ2n) is 6.08. The van der Waals surface area contributed by atoms with Crippen LogP contribution >= 0.6 is 11.6 Å². The van der Waals surface area contributed by atoms with Crippen LogP contribution in [0.3, 0.4) is 0 Å². The maximum atomic E-state index is 13.2. The van der Waals surface area contributed by atoms with Crippen molar-refractivity contribution in [3.63, 3.8) is 0 Å². The number of rotatable bonds is 4. The number of amides is 2. The molecule has 0 saturated carbocycles. The van der Waals surface area contributed by atoms with Crippen LogP contribution in [-0.4, -0.2) is 26.7 Å². The summed E-state index contributed by atoms with van der Waals surface area (Å²) in [6, 6.07) is 17.9. The number of carbonyl (C=O) groups excluding carboxylic acids is 1. The molecular formula is C20H14ClFN6O. The number of urea groups is 1. The molecule has 1 aromatic heterocycles. The number of aromatic nitrogens is 4. The fraction of sp³-hybridized carbons (Fsp3) is 0. The third-order valence-corrected chi connectivity index (χ3v) is 4.50. The number of para-hydroxylation sites is 1. The van der Waals surface area contributed by atoms with Crippen LogP contribution in [0.1, 0.15) is 0 Å². The quantitative estimate of drug-likeness (QED) is 0.444. The fourth-order valence-corrected chi connectivity index (χ4v) is 2.97. The summed E-state index contributed by atoms with van der Waals surface area (Å²) in [7, 11) is 0. The van der Waals surface area contributed by atoms with Crippen LogP contribution in [0.4, 0.5) is 20.6 Å². The van der Waals surface area contributed by atoms with Gasteiger partial charge >= 0.3 is 6.03 Å². The third-order valence-electron chi connectivity index (χ3n) is 4.17. The molecule has 0 aliphatic heterocycles. The first-order valence-electron chi connectivity index (χ1n) is 8.57. The van der Waals surface area contributed by atoms with Crippen molar-refractivity contribution in [2.24, 2.45) is 0 Å². The predicted molar refractivity (Wildman–Crippen MR) is 109 cm³/mol. The van der Waals surface area contributed by atoms with E-state index in [1.54, 1.807) is 48.5 Å². The van der Waals surface area contributed by atoms with Gasteiger partial charge in [-0.1, -0.05) is 41.9 Å². The molecule has 0 radical (unpaired) electrons. The number of benzene rings is 3. The molecular weight excluding hydrogens is 395 g/mol. The van der Waals surface area contributed by atoms with Gasteiger partial charge in [-0.15, -0.1) is 5.10 Å². The Hall–Kier alpha value is -3.78. The highest BCUT2D eigenvalue weighted by atomic mass is 35.5. The minimum Gasteiger partial charge on any atom is -0.307 e. The van der Waals surface area contributed by atoms with Crippen molar-refractivity contribution in [1.82, 2.24) is 20.6 Å². The molecule has 1 heterocycles. The molecule has 0 bridgehead atoms. The lowest BCUT2D eigenvalue weighted by atomic mass is 10.0. The average molecular weight is 409 g/mol. The number of nitrogens with zero attached hydrogens (tertiary/aromatic N) is 3. The maximum Gasteiger partial charge on any atom is 0.323 e. The molecule has 4 aromatic rings. The topological polar surface area (TPSA) is 95.6 Å². The highest BCUT2D eigenvalue weighted by molar-refractivity contribution is 6.33. The summed E-state index contributed by atoms with van der Waals surface area (Å²) in [6.45, 7) is 0. The van der Waals surface area contributed by atoms with Crippen LogP contribution in [0.2, 0.25) is 5.02 Å². The normalized spacial score (nSPS) is 10.6. The molecule has 29 heavy (non-hydrogen) atoms. The number of carbonyl (C=O) groups is 1. The summed E-state index contributed by atoms with van der Waals surface area (Å²) in [5.41, 5.74) is 3.17. The third kappa shape index (κ3) is 4.22. The van der Waals surface area contributed by atoms with Gasteiger partial charge in [-0.3, -0.25) is 0 Å². The minimum atomic E-state index is -0.471. The summed E-state index contributed by atoms with van der Waals surface area (Å²) in [6.07, 6.45) is 0. The molecule has 9 heteroatoms. The van der Waals surface area contributed by atoms with Gasteiger partial charge in [-0.25, -0.2) is 14.3 Å². The maximum absolute atomic E-state index is 13.2. The molecule has 2 amide bonds. The second kappa shape index (κ2) is 8.07. The monoisotopic (exact) mass is 408 g/mol. The van der Waals surface area contributed by atoms with Gasteiger partial charge < -0.3 is 10.6 Å². The van der Waals surface area contributed by atoms with E-state index in [9.17, 15) is 9.18 Å². The molecule has 0 aliphatic carbocycles. The van der Waals surface area contributed by atoms with Crippen molar-refractivity contribution in [2.45, 2.75) is 0 Å². The Morgan fingerprint density at radius 1 is 0.931 bits per heavy atom. The van der Waals surface area contributed by atoms with Gasteiger partial charge in [0.05, 0.1) is 16.4 Å². The molecule has 0 spiro atoms. The number of tetrazole rings is 1. The SMILES string of the molecule is O=C(Nc1ccccc1Cl)Nc1ccc(-c2ccc(F)cc2)cc1-c1nnn[nH]1. The number of aromatic amines is 1. The van der Waals surface area contributed by atoms with Gasteiger partial charge in [-0.2, -0.15) is 0 Å². The summed E-state index contributed by atoms with van der Waals surface area (Å²) in [4.78, 5) is 12.5. The Balaban J connectivity index is 1.65. The van der Waals surface area contributed by atoms with Gasteiger partial charge in [0, 0.05) is 5.56 Å². The average Bonchev–Trinajstić information content (AvgIpc) is 3.25. The Morgan fingerprint density at radius 2 is 1.66 bits per heavy atom. The van der Waals surface area contributed by atoms with E-state index in [1.165, 1.54) is 12.1 Å². The standard InChI is InChI=1S/C20H14ClFN6O/c21-16-3-1-2-4-18(16)24-20(29)23-17-10-7-13(12-5-8-14(22)9-6-12)11-15(17)19-25-27-28-26-19/h1-11H,(H2,23,24,29)(H,25,26,27,28). The molecule has 0 atom stereocenters. The zero-order chi connectivity index (χ0) is 20.2. The van der Waals surface area contributed by atoms with E-state index >= 15 is 0 Å². The van der Waals surface area contributed by atoms with Crippen molar-refractivity contribution >= 4 is 29.0 Å². The smallest absolute Gasteiger partial charge is 0.307 e. The predicted octanol–water partition coefficient (Wildman–Crippen LogP) is 4.97. The fourth-order valence-electron chi connectivity index (χ4n) is 2.78. The Bertz CT molecular complexity index is 1150. The van der Waals surface area contributed by atoms with Crippen LogP contribution in [-0.2, 0) is 0 Å². The Labute approximate surface area is 169 Å². The number of hydrogen-bond donors (Lipinski definition) is 3. The van der Waals surface area contributed by atoms with Crippen molar-refractivity contribution in [3.05, 3.63) is 77.6 Å². The van der Waals surface area contributed by atoms with E-state index in [4.69, 9.17) is 11.6 Å². The summed E-state index contributed by atoms with van der Waals surface area (Å²) >= 11 is 6.08. The largest absolute Gasteiger partial charge is 0.323 e. The van der Waals surface area contributed by atoms with Gasteiger partial charge in [0.25, 0.3) is 0 Å². The molecule has 4 rings (SSSR count). The summed E-state index contributed by atoms with van der Waals surface area (Å²) in [5, 5.41) is 19.7. The van der Waals surface area contributed by atoms with Gasteiger partial charge in [-0.05, 0) is 58.0 Å². The molecule has 3 aromatic carbocycles. The number of nitrogens with one attached hydrogen (secondary N) is 3. The highest BCUT2D eigenvalue weighted by Crippen LogP contribution is 2.31.